The van der Waals surface area contributed by atoms with Crippen molar-refractivity contribution < 1.29 is 0 Å². The molecule has 1 saturated carbocycles. The van der Waals surface area contributed by atoms with Crippen LogP contribution in [0, 0.1) is 17.8 Å². The van der Waals surface area contributed by atoms with E-state index in [1.807, 2.05) is 0 Å². The van der Waals surface area contributed by atoms with Crippen LogP contribution >= 0.6 is 0 Å². The maximum absolute atomic E-state index is 2.67. The molecule has 2 rings (SSSR count). The van der Waals surface area contributed by atoms with Gasteiger partial charge in [-0.25, -0.2) is 0 Å². The molecule has 2 aliphatic rings. The summed E-state index contributed by atoms with van der Waals surface area (Å²) < 4.78 is 0. The van der Waals surface area contributed by atoms with Gasteiger partial charge in [-0.2, -0.15) is 0 Å². The molecule has 2 unspecified atom stereocenters. The Kier molecular flexibility index (Phi) is 2.16. The molecule has 1 aliphatic heterocycles. The Labute approximate surface area is 76.1 Å². The molecule has 0 amide bonds. The van der Waals surface area contributed by atoms with Crippen molar-refractivity contribution in [1.29, 1.82) is 0 Å². The molecular formula is C11H21N. The van der Waals surface area contributed by atoms with Gasteiger partial charge in [0, 0.05) is 6.04 Å². The van der Waals surface area contributed by atoms with E-state index in [1.165, 1.54) is 25.9 Å². The predicted molar refractivity (Wildman–Crippen MR) is 52.1 cm³/mol. The molecule has 70 valence electrons. The number of hydrogen-bond donors (Lipinski definition) is 0. The first-order valence-corrected chi connectivity index (χ1v) is 5.48. The summed E-state index contributed by atoms with van der Waals surface area (Å²) in [5.74, 6) is 3.02. The summed E-state index contributed by atoms with van der Waals surface area (Å²) in [7, 11) is 0. The largest absolute Gasteiger partial charge is 0.300 e. The first kappa shape index (κ1) is 8.55. The molecule has 1 aliphatic carbocycles. The number of likely N-dealkylation sites (tertiary alicyclic amines) is 1. The maximum atomic E-state index is 2.67. The standard InChI is InChI=1S/C11H21N/c1-4-12-6-5-9(8(2)3)10-7-11(10)12/h8-11H,4-7H2,1-3H3/t9?,10?,11-/m0/s1. The number of nitrogens with zero attached hydrogens (tertiary/aromatic N) is 1. The Bertz CT molecular complexity index is 164. The van der Waals surface area contributed by atoms with Crippen LogP contribution in [0.25, 0.3) is 0 Å². The maximum Gasteiger partial charge on any atom is 0.0130 e. The van der Waals surface area contributed by atoms with Gasteiger partial charge in [0.15, 0.2) is 0 Å². The Morgan fingerprint density at radius 3 is 2.75 bits per heavy atom. The van der Waals surface area contributed by atoms with Gasteiger partial charge in [0.2, 0.25) is 0 Å². The Morgan fingerprint density at radius 2 is 2.17 bits per heavy atom. The molecule has 0 bridgehead atoms. The lowest BCUT2D eigenvalue weighted by molar-refractivity contribution is 0.155. The van der Waals surface area contributed by atoms with Crippen molar-refractivity contribution in [3.05, 3.63) is 0 Å². The summed E-state index contributed by atoms with van der Waals surface area (Å²) in [6.45, 7) is 9.71. The average molecular weight is 167 g/mol. The minimum Gasteiger partial charge on any atom is -0.300 e. The van der Waals surface area contributed by atoms with Crippen molar-refractivity contribution in [1.82, 2.24) is 4.90 Å². The molecule has 0 aromatic heterocycles. The van der Waals surface area contributed by atoms with Crippen LogP contribution in [0.5, 0.6) is 0 Å². The monoisotopic (exact) mass is 167 g/mol. The van der Waals surface area contributed by atoms with Crippen molar-refractivity contribution in [3.8, 4) is 0 Å². The lowest BCUT2D eigenvalue weighted by Gasteiger charge is -2.32. The van der Waals surface area contributed by atoms with Crippen molar-refractivity contribution >= 4 is 0 Å². The van der Waals surface area contributed by atoms with Crippen molar-refractivity contribution in [3.63, 3.8) is 0 Å². The normalized spacial score (nSPS) is 41.5. The van der Waals surface area contributed by atoms with Crippen LogP contribution in [-0.2, 0) is 0 Å². The third kappa shape index (κ3) is 1.28. The first-order valence-electron chi connectivity index (χ1n) is 5.48. The van der Waals surface area contributed by atoms with E-state index in [4.69, 9.17) is 0 Å². The van der Waals surface area contributed by atoms with Crippen LogP contribution in [0.2, 0.25) is 0 Å². The van der Waals surface area contributed by atoms with Gasteiger partial charge in [0.25, 0.3) is 0 Å². The second kappa shape index (κ2) is 3.02. The van der Waals surface area contributed by atoms with Gasteiger partial charge in [-0.3, -0.25) is 0 Å². The van der Waals surface area contributed by atoms with E-state index in [1.54, 1.807) is 0 Å². The predicted octanol–water partition coefficient (Wildman–Crippen LogP) is 2.37. The van der Waals surface area contributed by atoms with Crippen LogP contribution in [0.1, 0.15) is 33.6 Å². The molecule has 1 heterocycles. The van der Waals surface area contributed by atoms with Crippen molar-refractivity contribution in [2.45, 2.75) is 39.7 Å². The van der Waals surface area contributed by atoms with Crippen molar-refractivity contribution in [2.75, 3.05) is 13.1 Å². The van der Waals surface area contributed by atoms with E-state index in [9.17, 15) is 0 Å². The van der Waals surface area contributed by atoms with Gasteiger partial charge in [0.1, 0.15) is 0 Å². The molecule has 12 heavy (non-hydrogen) atoms. The highest BCUT2D eigenvalue weighted by Gasteiger charge is 2.49. The van der Waals surface area contributed by atoms with Gasteiger partial charge in [-0.15, -0.1) is 0 Å². The molecule has 0 aromatic carbocycles. The summed E-state index contributed by atoms with van der Waals surface area (Å²) in [6.07, 6.45) is 2.95. The number of hydrogen-bond acceptors (Lipinski definition) is 1. The zero-order valence-corrected chi connectivity index (χ0v) is 8.59. The Morgan fingerprint density at radius 1 is 1.42 bits per heavy atom. The highest BCUT2D eigenvalue weighted by Crippen LogP contribution is 2.49. The van der Waals surface area contributed by atoms with Crippen LogP contribution in [0.15, 0.2) is 0 Å². The summed E-state index contributed by atoms with van der Waals surface area (Å²) in [5, 5.41) is 0. The fraction of sp³-hybridized carbons (Fsp3) is 1.00. The highest BCUT2D eigenvalue weighted by atomic mass is 15.2. The summed E-state index contributed by atoms with van der Waals surface area (Å²) in [6, 6.07) is 0.983. The zero-order chi connectivity index (χ0) is 8.72. The van der Waals surface area contributed by atoms with Gasteiger partial charge in [-0.05, 0) is 43.7 Å². The third-order valence-electron chi connectivity index (χ3n) is 3.84. The first-order chi connectivity index (χ1) is 5.74. The molecule has 0 spiro atoms. The van der Waals surface area contributed by atoms with Gasteiger partial charge in [-0.1, -0.05) is 20.8 Å². The minimum absolute atomic E-state index is 0.916. The summed E-state index contributed by atoms with van der Waals surface area (Å²) in [4.78, 5) is 2.67. The highest BCUT2D eigenvalue weighted by molar-refractivity contribution is 5.02. The third-order valence-corrected chi connectivity index (χ3v) is 3.84. The minimum atomic E-state index is 0.916. The van der Waals surface area contributed by atoms with Crippen LogP contribution in [-0.4, -0.2) is 24.0 Å². The molecule has 1 nitrogen and oxygen atoms in total. The summed E-state index contributed by atoms with van der Waals surface area (Å²) >= 11 is 0. The van der Waals surface area contributed by atoms with E-state index < -0.39 is 0 Å². The molecule has 1 saturated heterocycles. The smallest absolute Gasteiger partial charge is 0.0130 e. The molecule has 0 radical (unpaired) electrons. The van der Waals surface area contributed by atoms with E-state index in [-0.39, 0.29) is 0 Å². The average Bonchev–Trinajstić information content (AvgIpc) is 2.80. The topological polar surface area (TPSA) is 3.24 Å². The van der Waals surface area contributed by atoms with Crippen molar-refractivity contribution in [2.24, 2.45) is 17.8 Å². The number of rotatable bonds is 2. The second-order valence-corrected chi connectivity index (χ2v) is 4.79. The Balaban J connectivity index is 1.94. The Hall–Kier alpha value is -0.0400. The van der Waals surface area contributed by atoms with Crippen LogP contribution in [0.4, 0.5) is 0 Å². The van der Waals surface area contributed by atoms with E-state index in [2.05, 4.69) is 25.7 Å². The molecule has 0 aromatic rings. The zero-order valence-electron chi connectivity index (χ0n) is 8.59. The van der Waals surface area contributed by atoms with Crippen LogP contribution < -0.4 is 0 Å². The van der Waals surface area contributed by atoms with Gasteiger partial charge < -0.3 is 4.90 Å². The lowest BCUT2D eigenvalue weighted by Crippen LogP contribution is -2.36. The SMILES string of the molecule is CCN1CCC(C(C)C)C2C[C@@H]21. The summed E-state index contributed by atoms with van der Waals surface area (Å²) in [5.41, 5.74) is 0. The molecule has 3 atom stereocenters. The quantitative estimate of drug-likeness (QED) is 0.610. The van der Waals surface area contributed by atoms with Crippen LogP contribution in [0.3, 0.4) is 0 Å². The van der Waals surface area contributed by atoms with E-state index in [0.29, 0.717) is 0 Å². The fourth-order valence-electron chi connectivity index (χ4n) is 3.00. The second-order valence-electron chi connectivity index (χ2n) is 4.79. The lowest BCUT2D eigenvalue weighted by atomic mass is 9.85. The molecular weight excluding hydrogens is 146 g/mol. The molecule has 0 N–H and O–H groups in total. The molecule has 2 fully saturated rings. The van der Waals surface area contributed by atoms with Gasteiger partial charge >= 0.3 is 0 Å². The number of fused-ring (bicyclic) bond motifs is 1. The van der Waals surface area contributed by atoms with E-state index >= 15 is 0 Å². The van der Waals surface area contributed by atoms with Gasteiger partial charge in [0.05, 0.1) is 0 Å². The fourth-order valence-corrected chi connectivity index (χ4v) is 3.00. The number of piperidine rings is 1. The van der Waals surface area contributed by atoms with E-state index in [0.717, 1.165) is 23.8 Å². The molecule has 1 heteroatoms.